The fraction of sp³-hybridized carbons (Fsp3) is 0.240. The highest BCUT2D eigenvalue weighted by atomic mass is 35.5. The second kappa shape index (κ2) is 14.5. The van der Waals surface area contributed by atoms with Crippen LogP contribution in [0.25, 0.3) is 0 Å². The van der Waals surface area contributed by atoms with E-state index in [1.807, 2.05) is 72.8 Å². The number of nitrogens with one attached hydrogen (secondary N) is 2. The number of halogens is 2. The van der Waals surface area contributed by atoms with Crippen LogP contribution in [-0.2, 0) is 4.79 Å². The number of carbonyl (C=O) groups is 1. The lowest BCUT2D eigenvalue weighted by atomic mass is 9.99. The summed E-state index contributed by atoms with van der Waals surface area (Å²) in [6.07, 6.45) is 2.02. The summed E-state index contributed by atoms with van der Waals surface area (Å²) in [5, 5.41) is 7.55. The maximum atomic E-state index is 11.9. The molecule has 0 saturated carbocycles. The predicted octanol–water partition coefficient (Wildman–Crippen LogP) is 6.31. The standard InChI is InChI=1S/C12H15ClN2O.C7H8O.C6H5Cl/c13-10-4-1-5-11(7-10)15-12(16)9-3-2-6-14-8-9;1-8-7-5-3-2-4-6-7;7-6-4-2-1-3-5-6/h1,4-5,7,9,14H,2-3,6,8H2,(H,15,16);2-6H,1H3;1-5H. The Bertz CT molecular complexity index is 886. The Morgan fingerprint density at radius 2 is 1.58 bits per heavy atom. The minimum Gasteiger partial charge on any atom is -0.497 e. The van der Waals surface area contributed by atoms with Crippen molar-refractivity contribution >= 4 is 34.8 Å². The summed E-state index contributed by atoms with van der Waals surface area (Å²) in [5.74, 6) is 1.06. The van der Waals surface area contributed by atoms with Crippen LogP contribution in [0.5, 0.6) is 5.75 Å². The highest BCUT2D eigenvalue weighted by Crippen LogP contribution is 2.17. The molecule has 6 heteroatoms. The number of carbonyl (C=O) groups excluding carboxylic acids is 1. The number of rotatable bonds is 3. The van der Waals surface area contributed by atoms with Gasteiger partial charge in [0.2, 0.25) is 5.91 Å². The average molecular weight is 459 g/mol. The molecular formula is C25H28Cl2N2O2. The van der Waals surface area contributed by atoms with Crippen molar-refractivity contribution in [2.45, 2.75) is 12.8 Å². The molecule has 4 rings (SSSR count). The molecule has 4 nitrogen and oxygen atoms in total. The fourth-order valence-corrected chi connectivity index (χ4v) is 3.19. The second-order valence-electron chi connectivity index (χ2n) is 6.86. The van der Waals surface area contributed by atoms with Crippen LogP contribution >= 0.6 is 23.2 Å². The molecule has 1 aliphatic heterocycles. The first-order chi connectivity index (χ1) is 15.1. The highest BCUT2D eigenvalue weighted by molar-refractivity contribution is 6.31. The molecule has 0 spiro atoms. The van der Waals surface area contributed by atoms with E-state index in [2.05, 4.69) is 10.6 Å². The Kier molecular flexibility index (Phi) is 11.5. The lowest BCUT2D eigenvalue weighted by molar-refractivity contribution is -0.120. The van der Waals surface area contributed by atoms with Gasteiger partial charge < -0.3 is 15.4 Å². The summed E-state index contributed by atoms with van der Waals surface area (Å²) in [6.45, 7) is 1.79. The van der Waals surface area contributed by atoms with E-state index < -0.39 is 0 Å². The van der Waals surface area contributed by atoms with Crippen LogP contribution in [-0.4, -0.2) is 26.1 Å². The molecule has 1 unspecified atom stereocenters. The van der Waals surface area contributed by atoms with E-state index in [0.29, 0.717) is 5.02 Å². The van der Waals surface area contributed by atoms with Gasteiger partial charge >= 0.3 is 0 Å². The minimum atomic E-state index is 0.0766. The third-order valence-corrected chi connectivity index (χ3v) is 4.96. The number of amides is 1. The van der Waals surface area contributed by atoms with Crippen LogP contribution in [0.1, 0.15) is 12.8 Å². The molecule has 0 aromatic heterocycles. The Morgan fingerprint density at radius 1 is 0.935 bits per heavy atom. The van der Waals surface area contributed by atoms with Crippen molar-refractivity contribution in [1.82, 2.24) is 5.32 Å². The molecule has 164 valence electrons. The highest BCUT2D eigenvalue weighted by Gasteiger charge is 2.20. The summed E-state index contributed by atoms with van der Waals surface area (Å²) >= 11 is 11.4. The molecule has 1 atom stereocenters. The van der Waals surface area contributed by atoms with Crippen molar-refractivity contribution in [3.8, 4) is 5.75 Å². The molecule has 0 radical (unpaired) electrons. The normalized spacial score (nSPS) is 14.7. The minimum absolute atomic E-state index is 0.0766. The lowest BCUT2D eigenvalue weighted by Gasteiger charge is -2.21. The van der Waals surface area contributed by atoms with Gasteiger partial charge in [-0.25, -0.2) is 0 Å². The third kappa shape index (κ3) is 10.4. The van der Waals surface area contributed by atoms with Crippen molar-refractivity contribution in [1.29, 1.82) is 0 Å². The van der Waals surface area contributed by atoms with Gasteiger partial charge in [-0.3, -0.25) is 4.79 Å². The average Bonchev–Trinajstić information content (AvgIpc) is 2.81. The number of para-hydroxylation sites is 1. The van der Waals surface area contributed by atoms with E-state index in [1.165, 1.54) is 0 Å². The van der Waals surface area contributed by atoms with Crippen LogP contribution in [0.4, 0.5) is 5.69 Å². The number of ether oxygens (including phenoxy) is 1. The first-order valence-electron chi connectivity index (χ1n) is 10.1. The Balaban J connectivity index is 0.000000189. The summed E-state index contributed by atoms with van der Waals surface area (Å²) in [7, 11) is 1.66. The van der Waals surface area contributed by atoms with Crippen LogP contribution in [0.2, 0.25) is 10.0 Å². The van der Waals surface area contributed by atoms with E-state index in [1.54, 1.807) is 19.2 Å². The van der Waals surface area contributed by atoms with Crippen LogP contribution < -0.4 is 15.4 Å². The third-order valence-electron chi connectivity index (χ3n) is 4.47. The maximum absolute atomic E-state index is 11.9. The van der Waals surface area contributed by atoms with Crippen LogP contribution in [0, 0.1) is 5.92 Å². The van der Waals surface area contributed by atoms with Gasteiger partial charge in [-0.05, 0) is 61.9 Å². The zero-order valence-electron chi connectivity index (χ0n) is 17.6. The largest absolute Gasteiger partial charge is 0.497 e. The van der Waals surface area contributed by atoms with Gasteiger partial charge in [0.05, 0.1) is 13.0 Å². The van der Waals surface area contributed by atoms with E-state index in [-0.39, 0.29) is 11.8 Å². The zero-order chi connectivity index (χ0) is 22.3. The van der Waals surface area contributed by atoms with Gasteiger partial charge in [0.15, 0.2) is 0 Å². The van der Waals surface area contributed by atoms with Crippen molar-refractivity contribution in [2.24, 2.45) is 5.92 Å². The maximum Gasteiger partial charge on any atom is 0.228 e. The van der Waals surface area contributed by atoms with E-state index in [4.69, 9.17) is 27.9 Å². The topological polar surface area (TPSA) is 50.4 Å². The summed E-state index contributed by atoms with van der Waals surface area (Å²) in [4.78, 5) is 11.9. The van der Waals surface area contributed by atoms with Crippen LogP contribution in [0.15, 0.2) is 84.9 Å². The zero-order valence-corrected chi connectivity index (χ0v) is 19.1. The number of piperidine rings is 1. The van der Waals surface area contributed by atoms with E-state index in [9.17, 15) is 4.79 Å². The van der Waals surface area contributed by atoms with Crippen molar-refractivity contribution in [3.63, 3.8) is 0 Å². The Hall–Kier alpha value is -2.53. The molecule has 1 aliphatic rings. The smallest absolute Gasteiger partial charge is 0.228 e. The monoisotopic (exact) mass is 458 g/mol. The summed E-state index contributed by atoms with van der Waals surface area (Å²) in [6, 6.07) is 26.4. The fourth-order valence-electron chi connectivity index (χ4n) is 2.86. The first-order valence-corrected chi connectivity index (χ1v) is 10.9. The molecule has 31 heavy (non-hydrogen) atoms. The Morgan fingerprint density at radius 3 is 2.06 bits per heavy atom. The molecule has 1 heterocycles. The van der Waals surface area contributed by atoms with E-state index >= 15 is 0 Å². The molecule has 0 bridgehead atoms. The number of benzene rings is 3. The first kappa shape index (κ1) is 24.7. The number of methoxy groups -OCH3 is 1. The number of hydrogen-bond acceptors (Lipinski definition) is 3. The van der Waals surface area contributed by atoms with E-state index in [0.717, 1.165) is 42.4 Å². The predicted molar refractivity (Wildman–Crippen MR) is 130 cm³/mol. The molecule has 0 aliphatic carbocycles. The molecular weight excluding hydrogens is 431 g/mol. The van der Waals surface area contributed by atoms with Gasteiger partial charge in [0, 0.05) is 22.3 Å². The van der Waals surface area contributed by atoms with Gasteiger partial charge in [-0.2, -0.15) is 0 Å². The van der Waals surface area contributed by atoms with Crippen molar-refractivity contribution in [3.05, 3.63) is 95.0 Å². The van der Waals surface area contributed by atoms with Crippen molar-refractivity contribution < 1.29 is 9.53 Å². The Labute approximate surface area is 194 Å². The molecule has 1 amide bonds. The number of hydrogen-bond donors (Lipinski definition) is 2. The van der Waals surface area contributed by atoms with Gasteiger partial charge in [-0.1, -0.05) is 65.7 Å². The molecule has 2 N–H and O–H groups in total. The lowest BCUT2D eigenvalue weighted by Crippen LogP contribution is -2.37. The summed E-state index contributed by atoms with van der Waals surface area (Å²) < 4.78 is 4.91. The quantitative estimate of drug-likeness (QED) is 0.482. The van der Waals surface area contributed by atoms with Gasteiger partial charge in [-0.15, -0.1) is 0 Å². The summed E-state index contributed by atoms with van der Waals surface area (Å²) in [5.41, 5.74) is 0.767. The second-order valence-corrected chi connectivity index (χ2v) is 7.73. The van der Waals surface area contributed by atoms with Crippen molar-refractivity contribution in [2.75, 3.05) is 25.5 Å². The SMILES string of the molecule is COc1ccccc1.Clc1ccccc1.O=C(Nc1cccc(Cl)c1)C1CCCNC1. The molecule has 3 aromatic carbocycles. The molecule has 3 aromatic rings. The van der Waals surface area contributed by atoms with Crippen LogP contribution in [0.3, 0.4) is 0 Å². The molecule has 1 fully saturated rings. The van der Waals surface area contributed by atoms with Gasteiger partial charge in [0.25, 0.3) is 0 Å². The molecule has 1 saturated heterocycles. The van der Waals surface area contributed by atoms with Gasteiger partial charge in [0.1, 0.15) is 5.75 Å². The number of anilines is 1.